The van der Waals surface area contributed by atoms with Crippen LogP contribution >= 0.6 is 0 Å². The summed E-state index contributed by atoms with van der Waals surface area (Å²) in [5.41, 5.74) is 0.387. The van der Waals surface area contributed by atoms with Gasteiger partial charge in [0.2, 0.25) is 0 Å². The summed E-state index contributed by atoms with van der Waals surface area (Å²) in [6, 6.07) is 8.13. The minimum Gasteiger partial charge on any atom is -0.493 e. The van der Waals surface area contributed by atoms with Gasteiger partial charge >= 0.3 is 5.97 Å². The quantitative estimate of drug-likeness (QED) is 0.734. The van der Waals surface area contributed by atoms with Gasteiger partial charge < -0.3 is 19.9 Å². The van der Waals surface area contributed by atoms with Crippen molar-refractivity contribution in [2.75, 3.05) is 13.7 Å². The summed E-state index contributed by atoms with van der Waals surface area (Å²) < 4.78 is 12.3. The predicted octanol–water partition coefficient (Wildman–Crippen LogP) is 2.27. The van der Waals surface area contributed by atoms with Crippen LogP contribution in [0.15, 0.2) is 36.5 Å². The van der Waals surface area contributed by atoms with Gasteiger partial charge in [-0.25, -0.2) is 9.48 Å². The lowest BCUT2D eigenvalue weighted by atomic mass is 10.1. The topological polar surface area (TPSA) is 103 Å². The molecule has 0 aliphatic heterocycles. The molecule has 0 aliphatic rings. The third-order valence-corrected chi connectivity index (χ3v) is 3.68. The van der Waals surface area contributed by atoms with Gasteiger partial charge in [-0.1, -0.05) is 18.2 Å². The van der Waals surface area contributed by atoms with E-state index in [1.165, 1.54) is 11.8 Å². The molecule has 0 aliphatic carbocycles. The number of carboxylic acids is 1. The van der Waals surface area contributed by atoms with Crippen molar-refractivity contribution in [2.24, 2.45) is 0 Å². The van der Waals surface area contributed by atoms with Crippen molar-refractivity contribution in [3.8, 4) is 11.4 Å². The van der Waals surface area contributed by atoms with Crippen molar-refractivity contribution in [3.63, 3.8) is 0 Å². The third kappa shape index (κ3) is 5.82. The molecular weight excluding hydrogens is 350 g/mol. The Morgan fingerprint density at radius 2 is 1.93 bits per heavy atom. The molecule has 0 saturated carbocycles. The maximum atomic E-state index is 12.6. The zero-order valence-corrected chi connectivity index (χ0v) is 15.9. The van der Waals surface area contributed by atoms with Crippen molar-refractivity contribution in [3.05, 3.63) is 42.2 Å². The van der Waals surface area contributed by atoms with Crippen LogP contribution in [0.25, 0.3) is 5.69 Å². The molecular formula is C19H25N3O5. The molecule has 1 aromatic heterocycles. The number of nitrogens with zero attached hydrogens (tertiary/aromatic N) is 2. The van der Waals surface area contributed by atoms with E-state index in [2.05, 4.69) is 10.4 Å². The largest absolute Gasteiger partial charge is 0.493 e. The number of carbonyl (C=O) groups excluding carboxylic acids is 1. The molecule has 1 heterocycles. The molecule has 8 nitrogen and oxygen atoms in total. The Balaban J connectivity index is 2.13. The summed E-state index contributed by atoms with van der Waals surface area (Å²) >= 11 is 0. The van der Waals surface area contributed by atoms with E-state index in [0.29, 0.717) is 0 Å². The van der Waals surface area contributed by atoms with Gasteiger partial charge in [0.15, 0.2) is 11.4 Å². The summed E-state index contributed by atoms with van der Waals surface area (Å²) in [4.78, 5) is 24.0. The first-order valence-electron chi connectivity index (χ1n) is 8.58. The summed E-state index contributed by atoms with van der Waals surface area (Å²) in [7, 11) is 1.43. The van der Waals surface area contributed by atoms with Crippen LogP contribution < -0.4 is 10.1 Å². The number of hydrogen-bond donors (Lipinski definition) is 2. The Morgan fingerprint density at radius 3 is 2.48 bits per heavy atom. The number of benzene rings is 1. The van der Waals surface area contributed by atoms with Gasteiger partial charge in [0.05, 0.1) is 24.6 Å². The summed E-state index contributed by atoms with van der Waals surface area (Å²) in [5.74, 6) is -1.50. The number of ether oxygens (including phenoxy) is 2. The Hall–Kier alpha value is -2.87. The van der Waals surface area contributed by atoms with Gasteiger partial charge in [0.25, 0.3) is 5.91 Å². The predicted molar refractivity (Wildman–Crippen MR) is 99.3 cm³/mol. The monoisotopic (exact) mass is 375 g/mol. The molecule has 0 saturated heterocycles. The van der Waals surface area contributed by atoms with E-state index in [9.17, 15) is 14.7 Å². The van der Waals surface area contributed by atoms with E-state index in [0.717, 1.165) is 5.69 Å². The Labute approximate surface area is 158 Å². The summed E-state index contributed by atoms with van der Waals surface area (Å²) in [6.07, 6.45) is 1.71. The molecule has 0 bridgehead atoms. The van der Waals surface area contributed by atoms with E-state index < -0.39 is 17.9 Å². The molecule has 0 spiro atoms. The lowest BCUT2D eigenvalue weighted by Crippen LogP contribution is -2.42. The maximum absolute atomic E-state index is 12.6. The van der Waals surface area contributed by atoms with E-state index in [1.54, 1.807) is 6.20 Å². The zero-order chi connectivity index (χ0) is 20.0. The molecule has 1 atom stereocenters. The average Bonchev–Trinajstić information content (AvgIpc) is 3.05. The fourth-order valence-electron chi connectivity index (χ4n) is 2.34. The second-order valence-electron chi connectivity index (χ2n) is 6.94. The highest BCUT2D eigenvalue weighted by molar-refractivity contribution is 5.97. The van der Waals surface area contributed by atoms with Crippen LogP contribution in [0.5, 0.6) is 5.75 Å². The Bertz CT molecular complexity index is 780. The number of aromatic nitrogens is 2. The first-order chi connectivity index (χ1) is 12.7. The smallest absolute Gasteiger partial charge is 0.326 e. The van der Waals surface area contributed by atoms with Crippen LogP contribution in [0.2, 0.25) is 0 Å². The van der Waals surface area contributed by atoms with Crippen molar-refractivity contribution in [1.29, 1.82) is 0 Å². The number of nitrogens with one attached hydrogen (secondary N) is 1. The number of amides is 1. The molecule has 27 heavy (non-hydrogen) atoms. The van der Waals surface area contributed by atoms with Gasteiger partial charge in [-0.15, -0.1) is 0 Å². The normalized spacial score (nSPS) is 12.4. The van der Waals surface area contributed by atoms with Gasteiger partial charge in [-0.3, -0.25) is 4.79 Å². The highest BCUT2D eigenvalue weighted by Gasteiger charge is 2.25. The second-order valence-corrected chi connectivity index (χ2v) is 6.94. The van der Waals surface area contributed by atoms with Crippen LogP contribution in [0.4, 0.5) is 0 Å². The summed E-state index contributed by atoms with van der Waals surface area (Å²) in [5, 5.41) is 16.1. The molecule has 1 amide bonds. The molecule has 8 heteroatoms. The molecule has 2 N–H and O–H groups in total. The van der Waals surface area contributed by atoms with Crippen LogP contribution in [-0.4, -0.2) is 52.1 Å². The molecule has 146 valence electrons. The minimum absolute atomic E-state index is 0.0179. The lowest BCUT2D eigenvalue weighted by Gasteiger charge is -2.21. The Kier molecular flexibility index (Phi) is 6.57. The van der Waals surface area contributed by atoms with E-state index in [-0.39, 0.29) is 30.1 Å². The van der Waals surface area contributed by atoms with Crippen LogP contribution in [0.3, 0.4) is 0 Å². The molecule has 0 fully saturated rings. The standard InChI is InChI=1S/C19H25N3O5/c1-19(2,3)27-11-10-14(18(24)25)20-17(23)16-15(26-4)12-22(21-16)13-8-6-5-7-9-13/h5-9,12,14H,10-11H2,1-4H3,(H,20,23)(H,24,25). The Morgan fingerprint density at radius 1 is 1.26 bits per heavy atom. The second kappa shape index (κ2) is 8.68. The maximum Gasteiger partial charge on any atom is 0.326 e. The number of para-hydroxylation sites is 1. The first-order valence-corrected chi connectivity index (χ1v) is 8.58. The molecule has 1 unspecified atom stereocenters. The number of aliphatic carboxylic acids is 1. The van der Waals surface area contributed by atoms with Crippen LogP contribution in [0, 0.1) is 0 Å². The number of carboxylic acid groups (broad SMARTS) is 1. The lowest BCUT2D eigenvalue weighted by molar-refractivity contribution is -0.140. The van der Waals surface area contributed by atoms with Gasteiger partial charge in [0.1, 0.15) is 6.04 Å². The number of methoxy groups -OCH3 is 1. The SMILES string of the molecule is COc1cn(-c2ccccc2)nc1C(=O)NC(CCOC(C)(C)C)C(=O)O. The van der Waals surface area contributed by atoms with E-state index >= 15 is 0 Å². The van der Waals surface area contributed by atoms with E-state index in [4.69, 9.17) is 9.47 Å². The zero-order valence-electron chi connectivity index (χ0n) is 15.9. The van der Waals surface area contributed by atoms with Crippen molar-refractivity contribution in [1.82, 2.24) is 15.1 Å². The fourth-order valence-corrected chi connectivity index (χ4v) is 2.34. The molecule has 2 aromatic rings. The van der Waals surface area contributed by atoms with Crippen LogP contribution in [-0.2, 0) is 9.53 Å². The third-order valence-electron chi connectivity index (χ3n) is 3.68. The highest BCUT2D eigenvalue weighted by Crippen LogP contribution is 2.19. The first kappa shape index (κ1) is 20.4. The van der Waals surface area contributed by atoms with E-state index in [1.807, 2.05) is 51.1 Å². The van der Waals surface area contributed by atoms with Crippen molar-refractivity contribution >= 4 is 11.9 Å². The molecule has 2 rings (SSSR count). The van der Waals surface area contributed by atoms with Crippen LogP contribution in [0.1, 0.15) is 37.7 Å². The minimum atomic E-state index is -1.14. The number of rotatable bonds is 8. The fraction of sp³-hybridized carbons (Fsp3) is 0.421. The molecule has 0 radical (unpaired) electrons. The van der Waals surface area contributed by atoms with Gasteiger partial charge in [-0.2, -0.15) is 5.10 Å². The molecule has 1 aromatic carbocycles. The number of hydrogen-bond acceptors (Lipinski definition) is 5. The van der Waals surface area contributed by atoms with Gasteiger partial charge in [0, 0.05) is 13.0 Å². The highest BCUT2D eigenvalue weighted by atomic mass is 16.5. The van der Waals surface area contributed by atoms with Gasteiger partial charge in [-0.05, 0) is 32.9 Å². The summed E-state index contributed by atoms with van der Waals surface area (Å²) in [6.45, 7) is 5.84. The van der Waals surface area contributed by atoms with Crippen molar-refractivity contribution in [2.45, 2.75) is 38.8 Å². The van der Waals surface area contributed by atoms with Crippen molar-refractivity contribution < 1.29 is 24.2 Å². The number of carbonyl (C=O) groups is 2. The average molecular weight is 375 g/mol.